The second-order valence-electron chi connectivity index (χ2n) is 6.28. The summed E-state index contributed by atoms with van der Waals surface area (Å²) in [5, 5.41) is 5.18. The van der Waals surface area contributed by atoms with Gasteiger partial charge in [0.2, 0.25) is 10.0 Å². The molecule has 0 spiro atoms. The number of sulfonamides is 1. The first-order valence-corrected chi connectivity index (χ1v) is 10.1. The predicted octanol–water partition coefficient (Wildman–Crippen LogP) is 2.54. The number of hydrogen-bond acceptors (Lipinski definition) is 6. The highest BCUT2D eigenvalue weighted by Gasteiger charge is 2.29. The van der Waals surface area contributed by atoms with E-state index in [0.717, 1.165) is 16.7 Å². The van der Waals surface area contributed by atoms with E-state index < -0.39 is 16.1 Å². The van der Waals surface area contributed by atoms with Gasteiger partial charge in [-0.25, -0.2) is 13.6 Å². The van der Waals surface area contributed by atoms with Crippen molar-refractivity contribution in [3.05, 3.63) is 47.5 Å². The van der Waals surface area contributed by atoms with Crippen LogP contribution in [-0.4, -0.2) is 28.6 Å². The number of carbonyl (C=O) groups excluding carboxylic acids is 1. The quantitative estimate of drug-likeness (QED) is 0.759. The molecule has 1 heterocycles. The number of rotatable bonds is 6. The van der Waals surface area contributed by atoms with Crippen molar-refractivity contribution in [1.82, 2.24) is 0 Å². The minimum Gasteiger partial charge on any atom is -0.496 e. The summed E-state index contributed by atoms with van der Waals surface area (Å²) in [5.41, 5.74) is 3.02. The summed E-state index contributed by atoms with van der Waals surface area (Å²) in [4.78, 5) is 11.6. The summed E-state index contributed by atoms with van der Waals surface area (Å²) in [5.74, 6) is 0.690. The van der Waals surface area contributed by atoms with Gasteiger partial charge >= 0.3 is 5.97 Å². The molecule has 8 heteroatoms. The van der Waals surface area contributed by atoms with Crippen molar-refractivity contribution in [3.63, 3.8) is 0 Å². The van der Waals surface area contributed by atoms with Crippen LogP contribution in [-0.2, 0) is 25.3 Å². The molecule has 0 saturated carbocycles. The Hall–Kier alpha value is -2.58. The predicted molar refractivity (Wildman–Crippen MR) is 99.9 cm³/mol. The van der Waals surface area contributed by atoms with Crippen LogP contribution in [0.15, 0.2) is 36.4 Å². The third-order valence-corrected chi connectivity index (χ3v) is 5.15. The van der Waals surface area contributed by atoms with Crippen LogP contribution in [0.3, 0.4) is 0 Å². The number of ether oxygens (including phenoxy) is 3. The third kappa shape index (κ3) is 4.23. The van der Waals surface area contributed by atoms with Gasteiger partial charge in [0, 0.05) is 12.0 Å². The molecule has 0 aliphatic carbocycles. The highest BCUT2D eigenvalue weighted by Crippen LogP contribution is 2.48. The molecule has 0 fully saturated rings. The lowest BCUT2D eigenvalue weighted by Gasteiger charge is -2.30. The third-order valence-electron chi connectivity index (χ3n) is 4.42. The van der Waals surface area contributed by atoms with Gasteiger partial charge in [-0.15, -0.1) is 0 Å². The zero-order valence-corrected chi connectivity index (χ0v) is 15.9. The smallest absolute Gasteiger partial charge is 0.305 e. The Labute approximate surface area is 158 Å². The van der Waals surface area contributed by atoms with Crippen molar-refractivity contribution in [2.24, 2.45) is 5.14 Å². The van der Waals surface area contributed by atoms with Gasteiger partial charge in [-0.1, -0.05) is 24.3 Å². The molecular weight excluding hydrogens is 370 g/mol. The fraction of sp³-hybridized carbons (Fsp3) is 0.316. The van der Waals surface area contributed by atoms with Crippen LogP contribution in [0.2, 0.25) is 0 Å². The average Bonchev–Trinajstić information content (AvgIpc) is 2.63. The van der Waals surface area contributed by atoms with E-state index in [0.29, 0.717) is 23.5 Å². The summed E-state index contributed by atoms with van der Waals surface area (Å²) < 4.78 is 39.2. The second-order valence-corrected chi connectivity index (χ2v) is 7.90. The lowest BCUT2D eigenvalue weighted by molar-refractivity contribution is -0.141. The van der Waals surface area contributed by atoms with E-state index in [-0.39, 0.29) is 18.1 Å². The van der Waals surface area contributed by atoms with Gasteiger partial charge in [0.15, 0.2) is 0 Å². The number of benzene rings is 2. The molecule has 0 saturated heterocycles. The molecule has 144 valence electrons. The van der Waals surface area contributed by atoms with Crippen molar-refractivity contribution in [2.75, 3.05) is 14.2 Å². The van der Waals surface area contributed by atoms with E-state index in [4.69, 9.17) is 19.3 Å². The Morgan fingerprint density at radius 2 is 2.00 bits per heavy atom. The molecule has 1 atom stereocenters. The molecule has 2 N–H and O–H groups in total. The van der Waals surface area contributed by atoms with Crippen molar-refractivity contribution >= 4 is 16.0 Å². The molecule has 2 aromatic rings. The Balaban J connectivity index is 2.07. The highest BCUT2D eigenvalue weighted by atomic mass is 32.2. The monoisotopic (exact) mass is 391 g/mol. The minimum absolute atomic E-state index is 0.180. The fourth-order valence-corrected chi connectivity index (χ4v) is 3.90. The maximum Gasteiger partial charge on any atom is 0.305 e. The van der Waals surface area contributed by atoms with Crippen LogP contribution >= 0.6 is 0 Å². The first-order chi connectivity index (χ1) is 12.8. The van der Waals surface area contributed by atoms with Gasteiger partial charge in [0.05, 0.1) is 25.5 Å². The lowest BCUT2D eigenvalue weighted by Crippen LogP contribution is -2.18. The summed E-state index contributed by atoms with van der Waals surface area (Å²) in [6, 6.07) is 10.8. The summed E-state index contributed by atoms with van der Waals surface area (Å²) in [7, 11) is -0.751. The molecular formula is C19H21NO6S. The molecule has 0 amide bonds. The van der Waals surface area contributed by atoms with Crippen LogP contribution < -0.4 is 14.6 Å². The maximum absolute atomic E-state index is 11.6. The van der Waals surface area contributed by atoms with Gasteiger partial charge in [-0.05, 0) is 29.7 Å². The summed E-state index contributed by atoms with van der Waals surface area (Å²) in [6.07, 6.45) is 0.160. The Morgan fingerprint density at radius 3 is 2.67 bits per heavy atom. The van der Waals surface area contributed by atoms with Gasteiger partial charge in [0.1, 0.15) is 17.6 Å². The number of hydrogen-bond donors (Lipinski definition) is 1. The highest BCUT2D eigenvalue weighted by molar-refractivity contribution is 7.88. The van der Waals surface area contributed by atoms with Gasteiger partial charge in [-0.2, -0.15) is 0 Å². The van der Waals surface area contributed by atoms with E-state index >= 15 is 0 Å². The van der Waals surface area contributed by atoms with Crippen molar-refractivity contribution in [3.8, 4) is 22.6 Å². The molecule has 0 bridgehead atoms. The summed E-state index contributed by atoms with van der Waals surface area (Å²) >= 11 is 0. The number of esters is 1. The van der Waals surface area contributed by atoms with Gasteiger partial charge in [-0.3, -0.25) is 4.79 Å². The number of methoxy groups -OCH3 is 2. The van der Waals surface area contributed by atoms with Crippen molar-refractivity contribution in [2.45, 2.75) is 24.7 Å². The standard InChI is InChI=1S/C19H21NO6S/c1-24-16-4-3-5-17-19(16)13-7-6-12(11-27(20,22)23)10-14(13)15(26-17)8-9-18(21)25-2/h3-7,10,15H,8-9,11H2,1-2H3,(H2,20,22,23). The SMILES string of the molecule is COC(=O)CCC1Oc2cccc(OC)c2-c2ccc(CS(N)(=O)=O)cc21. The molecule has 0 radical (unpaired) electrons. The Kier molecular flexibility index (Phi) is 5.38. The van der Waals surface area contributed by atoms with Crippen LogP contribution in [0.25, 0.3) is 11.1 Å². The number of primary sulfonamides is 1. The zero-order valence-electron chi connectivity index (χ0n) is 15.1. The molecule has 27 heavy (non-hydrogen) atoms. The van der Waals surface area contributed by atoms with E-state index in [2.05, 4.69) is 0 Å². The van der Waals surface area contributed by atoms with E-state index in [1.54, 1.807) is 19.2 Å². The minimum atomic E-state index is -3.66. The normalized spacial score (nSPS) is 15.3. The zero-order chi connectivity index (χ0) is 19.6. The average molecular weight is 391 g/mol. The van der Waals surface area contributed by atoms with Crippen molar-refractivity contribution in [1.29, 1.82) is 0 Å². The first kappa shape index (κ1) is 19.2. The molecule has 0 aromatic heterocycles. The fourth-order valence-electron chi connectivity index (χ4n) is 3.26. The number of nitrogens with two attached hydrogens (primary N) is 1. The van der Waals surface area contributed by atoms with Crippen LogP contribution in [0.5, 0.6) is 11.5 Å². The van der Waals surface area contributed by atoms with E-state index in [1.807, 2.05) is 24.3 Å². The van der Waals surface area contributed by atoms with Crippen LogP contribution in [0.1, 0.15) is 30.1 Å². The number of fused-ring (bicyclic) bond motifs is 3. The topological polar surface area (TPSA) is 105 Å². The first-order valence-electron chi connectivity index (χ1n) is 8.36. The van der Waals surface area contributed by atoms with Crippen LogP contribution in [0, 0.1) is 0 Å². The molecule has 1 aliphatic heterocycles. The second kappa shape index (κ2) is 7.58. The molecule has 3 rings (SSSR count). The number of carbonyl (C=O) groups is 1. The van der Waals surface area contributed by atoms with Gasteiger partial charge in [0.25, 0.3) is 0 Å². The lowest BCUT2D eigenvalue weighted by atomic mass is 9.89. The Bertz CT molecular complexity index is 970. The van der Waals surface area contributed by atoms with Gasteiger partial charge < -0.3 is 14.2 Å². The molecule has 2 aromatic carbocycles. The van der Waals surface area contributed by atoms with Crippen molar-refractivity contribution < 1.29 is 27.4 Å². The molecule has 1 aliphatic rings. The summed E-state index contributed by atoms with van der Waals surface area (Å²) in [6.45, 7) is 0. The molecule has 1 unspecified atom stereocenters. The van der Waals surface area contributed by atoms with E-state index in [9.17, 15) is 13.2 Å². The Morgan fingerprint density at radius 1 is 1.22 bits per heavy atom. The largest absolute Gasteiger partial charge is 0.496 e. The molecule has 7 nitrogen and oxygen atoms in total. The maximum atomic E-state index is 11.6. The van der Waals surface area contributed by atoms with E-state index in [1.165, 1.54) is 7.11 Å². The van der Waals surface area contributed by atoms with Crippen LogP contribution in [0.4, 0.5) is 0 Å².